The minimum atomic E-state index is -0.273. The second-order valence-corrected chi connectivity index (χ2v) is 6.37. The fourth-order valence-corrected chi connectivity index (χ4v) is 2.73. The summed E-state index contributed by atoms with van der Waals surface area (Å²) in [6.45, 7) is 6.41. The van der Waals surface area contributed by atoms with Gasteiger partial charge in [0.1, 0.15) is 5.54 Å². The van der Waals surface area contributed by atoms with E-state index in [9.17, 15) is 5.26 Å². The van der Waals surface area contributed by atoms with Crippen molar-refractivity contribution in [2.24, 2.45) is 11.8 Å². The van der Waals surface area contributed by atoms with Gasteiger partial charge in [-0.25, -0.2) is 0 Å². The molecule has 0 aromatic carbocycles. The lowest BCUT2D eigenvalue weighted by molar-refractivity contribution is 0.209. The van der Waals surface area contributed by atoms with E-state index in [1.54, 1.807) is 0 Å². The molecule has 2 aliphatic carbocycles. The Labute approximate surface area is 105 Å². The molecule has 0 aromatic rings. The van der Waals surface area contributed by atoms with E-state index in [-0.39, 0.29) is 5.54 Å². The van der Waals surface area contributed by atoms with E-state index in [4.69, 9.17) is 0 Å². The molecule has 0 aromatic heterocycles. The summed E-state index contributed by atoms with van der Waals surface area (Å²) in [4.78, 5) is 2.32. The van der Waals surface area contributed by atoms with Gasteiger partial charge in [0.25, 0.3) is 0 Å². The number of hydrogen-bond acceptors (Lipinski definition) is 3. The van der Waals surface area contributed by atoms with Crippen LogP contribution in [0.5, 0.6) is 0 Å². The lowest BCUT2D eigenvalue weighted by Gasteiger charge is -2.33. The number of likely N-dealkylation sites (N-methyl/N-ethyl adjacent to an activating group) is 1. The molecule has 0 radical (unpaired) electrons. The van der Waals surface area contributed by atoms with Crippen molar-refractivity contribution < 1.29 is 0 Å². The van der Waals surface area contributed by atoms with E-state index >= 15 is 0 Å². The van der Waals surface area contributed by atoms with Crippen LogP contribution in [-0.4, -0.2) is 36.6 Å². The molecule has 96 valence electrons. The van der Waals surface area contributed by atoms with Crippen molar-refractivity contribution >= 4 is 0 Å². The zero-order valence-corrected chi connectivity index (χ0v) is 11.4. The molecule has 1 N–H and O–H groups in total. The summed E-state index contributed by atoms with van der Waals surface area (Å²) >= 11 is 0. The fourth-order valence-electron chi connectivity index (χ4n) is 2.73. The third-order valence-electron chi connectivity index (χ3n) is 3.71. The predicted octanol–water partition coefficient (Wildman–Crippen LogP) is 2.00. The van der Waals surface area contributed by atoms with E-state index in [2.05, 4.69) is 37.2 Å². The van der Waals surface area contributed by atoms with E-state index in [0.717, 1.165) is 13.1 Å². The number of nitrogens with one attached hydrogen (secondary N) is 1. The van der Waals surface area contributed by atoms with Crippen LogP contribution in [0, 0.1) is 23.2 Å². The van der Waals surface area contributed by atoms with Crippen molar-refractivity contribution in [2.75, 3.05) is 20.1 Å². The van der Waals surface area contributed by atoms with E-state index in [1.807, 2.05) is 0 Å². The first-order chi connectivity index (χ1) is 8.05. The van der Waals surface area contributed by atoms with Crippen LogP contribution in [0.15, 0.2) is 0 Å². The zero-order valence-electron chi connectivity index (χ0n) is 11.4. The van der Waals surface area contributed by atoms with E-state index < -0.39 is 0 Å². The van der Waals surface area contributed by atoms with Crippen LogP contribution in [-0.2, 0) is 0 Å². The first kappa shape index (κ1) is 12.9. The number of rotatable bonds is 7. The van der Waals surface area contributed by atoms with Gasteiger partial charge >= 0.3 is 0 Å². The van der Waals surface area contributed by atoms with Crippen LogP contribution >= 0.6 is 0 Å². The van der Waals surface area contributed by atoms with Crippen LogP contribution in [0.2, 0.25) is 0 Å². The Hall–Kier alpha value is -0.590. The van der Waals surface area contributed by atoms with Crippen molar-refractivity contribution in [1.29, 1.82) is 5.26 Å². The molecule has 0 aliphatic heterocycles. The Morgan fingerprint density at radius 1 is 1.35 bits per heavy atom. The maximum Gasteiger partial charge on any atom is 0.122 e. The Kier molecular flexibility index (Phi) is 3.75. The zero-order chi connectivity index (χ0) is 12.5. The molecule has 3 heteroatoms. The van der Waals surface area contributed by atoms with Crippen LogP contribution < -0.4 is 5.32 Å². The van der Waals surface area contributed by atoms with Crippen molar-refractivity contribution in [3.8, 4) is 6.07 Å². The largest absolute Gasteiger partial charge is 0.303 e. The molecule has 3 nitrogen and oxygen atoms in total. The van der Waals surface area contributed by atoms with E-state index in [0.29, 0.717) is 17.9 Å². The van der Waals surface area contributed by atoms with Crippen LogP contribution in [0.25, 0.3) is 0 Å². The first-order valence-electron chi connectivity index (χ1n) is 6.93. The van der Waals surface area contributed by atoms with Crippen molar-refractivity contribution in [3.63, 3.8) is 0 Å². The summed E-state index contributed by atoms with van der Waals surface area (Å²) in [6, 6.07) is 3.21. The van der Waals surface area contributed by atoms with Gasteiger partial charge in [0.2, 0.25) is 0 Å². The van der Waals surface area contributed by atoms with Gasteiger partial charge in [-0.05, 0) is 44.6 Å². The first-order valence-corrected chi connectivity index (χ1v) is 6.93. The molecule has 0 saturated heterocycles. The highest BCUT2D eigenvalue weighted by atomic mass is 15.2. The summed E-state index contributed by atoms with van der Waals surface area (Å²) in [7, 11) is 2.14. The average molecular weight is 235 g/mol. The second kappa shape index (κ2) is 4.96. The molecule has 0 heterocycles. The Morgan fingerprint density at radius 2 is 2.00 bits per heavy atom. The molecule has 2 aliphatic rings. The maximum atomic E-state index is 9.61. The number of nitriles is 1. The van der Waals surface area contributed by atoms with Gasteiger partial charge in [-0.15, -0.1) is 0 Å². The van der Waals surface area contributed by atoms with E-state index in [1.165, 1.54) is 25.7 Å². The molecule has 1 unspecified atom stereocenters. The highest BCUT2D eigenvalue weighted by molar-refractivity contribution is 5.18. The lowest BCUT2D eigenvalue weighted by Crippen LogP contribution is -2.55. The third-order valence-corrected chi connectivity index (χ3v) is 3.71. The second-order valence-electron chi connectivity index (χ2n) is 6.37. The maximum absolute atomic E-state index is 9.61. The predicted molar refractivity (Wildman–Crippen MR) is 69.6 cm³/mol. The van der Waals surface area contributed by atoms with Gasteiger partial charge in [-0.3, -0.25) is 5.32 Å². The number of nitrogens with zero attached hydrogens (tertiary/aromatic N) is 2. The Balaban J connectivity index is 1.96. The highest BCUT2D eigenvalue weighted by Crippen LogP contribution is 2.41. The molecule has 2 fully saturated rings. The summed E-state index contributed by atoms with van der Waals surface area (Å²) in [5, 5.41) is 13.2. The summed E-state index contributed by atoms with van der Waals surface area (Å²) in [5.74, 6) is 1.25. The van der Waals surface area contributed by atoms with Gasteiger partial charge < -0.3 is 4.90 Å². The van der Waals surface area contributed by atoms with Gasteiger partial charge in [0, 0.05) is 19.1 Å². The molecular formula is C14H25N3. The minimum Gasteiger partial charge on any atom is -0.303 e. The Morgan fingerprint density at radius 3 is 2.41 bits per heavy atom. The van der Waals surface area contributed by atoms with Crippen LogP contribution in [0.1, 0.15) is 39.5 Å². The fraction of sp³-hybridized carbons (Fsp3) is 0.929. The van der Waals surface area contributed by atoms with Gasteiger partial charge in [0.15, 0.2) is 0 Å². The van der Waals surface area contributed by atoms with Crippen molar-refractivity contribution in [2.45, 2.75) is 51.1 Å². The van der Waals surface area contributed by atoms with Gasteiger partial charge in [-0.2, -0.15) is 5.26 Å². The number of hydrogen-bond donors (Lipinski definition) is 1. The topological polar surface area (TPSA) is 39.1 Å². The molecule has 0 amide bonds. The third kappa shape index (κ3) is 3.43. The van der Waals surface area contributed by atoms with Crippen molar-refractivity contribution in [3.05, 3.63) is 0 Å². The SMILES string of the molecule is CC(C)CN(C)CC(C#N)(NC1CC1)C1CC1. The standard InChI is InChI=1S/C14H25N3/c1-11(2)8-17(3)10-14(9-15,12-4-5-12)16-13-6-7-13/h11-13,16H,4-8,10H2,1-3H3. The van der Waals surface area contributed by atoms with Crippen LogP contribution in [0.3, 0.4) is 0 Å². The summed E-state index contributed by atoms with van der Waals surface area (Å²) in [5.41, 5.74) is -0.273. The van der Waals surface area contributed by atoms with Gasteiger partial charge in [-0.1, -0.05) is 13.8 Å². The highest BCUT2D eigenvalue weighted by Gasteiger charge is 2.48. The monoisotopic (exact) mass is 235 g/mol. The summed E-state index contributed by atoms with van der Waals surface area (Å²) < 4.78 is 0. The molecule has 17 heavy (non-hydrogen) atoms. The minimum absolute atomic E-state index is 0.273. The summed E-state index contributed by atoms with van der Waals surface area (Å²) in [6.07, 6.45) is 4.96. The smallest absolute Gasteiger partial charge is 0.122 e. The normalized spacial score (nSPS) is 23.8. The quantitative estimate of drug-likeness (QED) is 0.733. The Bertz CT molecular complexity index is 299. The molecule has 2 rings (SSSR count). The van der Waals surface area contributed by atoms with Crippen LogP contribution in [0.4, 0.5) is 0 Å². The molecule has 0 bridgehead atoms. The molecular weight excluding hydrogens is 210 g/mol. The molecule has 0 spiro atoms. The lowest BCUT2D eigenvalue weighted by atomic mass is 9.93. The van der Waals surface area contributed by atoms with Gasteiger partial charge in [0.05, 0.1) is 6.07 Å². The van der Waals surface area contributed by atoms with Crippen molar-refractivity contribution in [1.82, 2.24) is 10.2 Å². The molecule has 1 atom stereocenters. The average Bonchev–Trinajstić information content (AvgIpc) is 3.09. The molecule has 2 saturated carbocycles.